The monoisotopic (exact) mass is 275 g/mol. The van der Waals surface area contributed by atoms with Gasteiger partial charge < -0.3 is 5.11 Å². The Morgan fingerprint density at radius 1 is 1.22 bits per heavy atom. The van der Waals surface area contributed by atoms with E-state index in [-0.39, 0.29) is 11.5 Å². The maximum absolute atomic E-state index is 11.5. The minimum Gasteiger partial charge on any atom is -0.392 e. The Labute approximate surface area is 110 Å². The third-order valence-corrected chi connectivity index (χ3v) is 6.36. The van der Waals surface area contributed by atoms with E-state index in [0.29, 0.717) is 24.9 Å². The minimum absolute atomic E-state index is 0.0177. The van der Waals surface area contributed by atoms with Crippen LogP contribution in [-0.2, 0) is 10.0 Å². The molecular weight excluding hydrogens is 250 g/mol. The number of hydrogen-bond donors (Lipinski definition) is 1. The summed E-state index contributed by atoms with van der Waals surface area (Å²) in [5.41, 5.74) is -0.0177. The van der Waals surface area contributed by atoms with Gasteiger partial charge in [0.2, 0.25) is 10.0 Å². The van der Waals surface area contributed by atoms with Crippen LogP contribution < -0.4 is 0 Å². The number of hydrogen-bond acceptors (Lipinski definition) is 3. The molecule has 0 radical (unpaired) electrons. The first-order valence-electron chi connectivity index (χ1n) is 6.89. The van der Waals surface area contributed by atoms with Gasteiger partial charge in [-0.05, 0) is 42.9 Å². The SMILES string of the molecule is CC(C)C1CCC2(CCN(S(C)(=O)=O)CC2)C1O. The molecule has 2 fully saturated rings. The van der Waals surface area contributed by atoms with E-state index in [1.54, 1.807) is 4.31 Å². The molecule has 2 atom stereocenters. The van der Waals surface area contributed by atoms with Crippen LogP contribution in [0.3, 0.4) is 0 Å². The fourth-order valence-corrected chi connectivity index (χ4v) is 4.57. The molecule has 0 aromatic carbocycles. The smallest absolute Gasteiger partial charge is 0.211 e. The Kier molecular flexibility index (Phi) is 3.78. The topological polar surface area (TPSA) is 57.6 Å². The zero-order valence-electron chi connectivity index (χ0n) is 11.6. The second kappa shape index (κ2) is 4.76. The first-order chi connectivity index (χ1) is 8.26. The van der Waals surface area contributed by atoms with Gasteiger partial charge in [-0.25, -0.2) is 12.7 Å². The van der Waals surface area contributed by atoms with Gasteiger partial charge in [-0.3, -0.25) is 0 Å². The molecule has 0 aromatic rings. The molecule has 0 bridgehead atoms. The van der Waals surface area contributed by atoms with Crippen LogP contribution >= 0.6 is 0 Å². The van der Waals surface area contributed by atoms with Crippen molar-refractivity contribution in [1.82, 2.24) is 4.31 Å². The zero-order chi connectivity index (χ0) is 13.6. The van der Waals surface area contributed by atoms with Gasteiger partial charge >= 0.3 is 0 Å². The molecule has 0 aromatic heterocycles. The second-order valence-electron chi connectivity index (χ2n) is 6.42. The van der Waals surface area contributed by atoms with E-state index in [0.717, 1.165) is 25.7 Å². The molecule has 1 heterocycles. The Balaban J connectivity index is 2.05. The Bertz CT molecular complexity index is 396. The highest BCUT2D eigenvalue weighted by Crippen LogP contribution is 2.51. The number of piperidine rings is 1. The van der Waals surface area contributed by atoms with E-state index in [9.17, 15) is 13.5 Å². The van der Waals surface area contributed by atoms with Crippen molar-refractivity contribution in [2.24, 2.45) is 17.3 Å². The molecule has 2 unspecified atom stereocenters. The largest absolute Gasteiger partial charge is 0.392 e. The molecule has 1 aliphatic carbocycles. The van der Waals surface area contributed by atoms with E-state index in [1.807, 2.05) is 0 Å². The summed E-state index contributed by atoms with van der Waals surface area (Å²) in [5, 5.41) is 10.6. The summed E-state index contributed by atoms with van der Waals surface area (Å²) in [7, 11) is -3.07. The van der Waals surface area contributed by atoms with Crippen molar-refractivity contribution in [3.63, 3.8) is 0 Å². The van der Waals surface area contributed by atoms with Crippen LogP contribution in [0.1, 0.15) is 39.5 Å². The standard InChI is InChI=1S/C13H25NO3S/c1-10(2)11-4-5-13(12(11)15)6-8-14(9-7-13)18(3,16)17/h10-12,15H,4-9H2,1-3H3. The Morgan fingerprint density at radius 3 is 2.17 bits per heavy atom. The van der Waals surface area contributed by atoms with Crippen LogP contribution in [0.2, 0.25) is 0 Å². The fraction of sp³-hybridized carbons (Fsp3) is 1.00. The lowest BCUT2D eigenvalue weighted by Gasteiger charge is -2.41. The molecule has 5 heteroatoms. The first kappa shape index (κ1) is 14.3. The van der Waals surface area contributed by atoms with Crippen LogP contribution in [0.15, 0.2) is 0 Å². The van der Waals surface area contributed by atoms with E-state index < -0.39 is 10.0 Å². The van der Waals surface area contributed by atoms with E-state index in [4.69, 9.17) is 0 Å². The molecule has 2 aliphatic rings. The van der Waals surface area contributed by atoms with Crippen LogP contribution in [-0.4, -0.2) is 43.3 Å². The highest BCUT2D eigenvalue weighted by Gasteiger charge is 2.50. The van der Waals surface area contributed by atoms with Crippen molar-refractivity contribution in [2.45, 2.75) is 45.6 Å². The van der Waals surface area contributed by atoms with Crippen LogP contribution in [0.4, 0.5) is 0 Å². The summed E-state index contributed by atoms with van der Waals surface area (Å²) in [6.07, 6.45) is 4.77. The van der Waals surface area contributed by atoms with Gasteiger partial charge in [0.05, 0.1) is 12.4 Å². The molecule has 1 saturated carbocycles. The summed E-state index contributed by atoms with van der Waals surface area (Å²) < 4.78 is 24.6. The van der Waals surface area contributed by atoms with Crippen molar-refractivity contribution < 1.29 is 13.5 Å². The zero-order valence-corrected chi connectivity index (χ0v) is 12.4. The van der Waals surface area contributed by atoms with Gasteiger partial charge in [0, 0.05) is 13.1 Å². The van der Waals surface area contributed by atoms with E-state index in [1.165, 1.54) is 6.26 Å². The molecule has 4 nitrogen and oxygen atoms in total. The van der Waals surface area contributed by atoms with Crippen molar-refractivity contribution in [3.8, 4) is 0 Å². The van der Waals surface area contributed by atoms with Gasteiger partial charge in [-0.2, -0.15) is 0 Å². The van der Waals surface area contributed by atoms with Gasteiger partial charge in [0.1, 0.15) is 0 Å². The van der Waals surface area contributed by atoms with Crippen LogP contribution in [0.25, 0.3) is 0 Å². The molecular formula is C13H25NO3S. The molecule has 2 rings (SSSR count). The number of aliphatic hydroxyl groups excluding tert-OH is 1. The quantitative estimate of drug-likeness (QED) is 0.830. The van der Waals surface area contributed by atoms with E-state index >= 15 is 0 Å². The highest BCUT2D eigenvalue weighted by atomic mass is 32.2. The summed E-state index contributed by atoms with van der Waals surface area (Å²) in [4.78, 5) is 0. The first-order valence-corrected chi connectivity index (χ1v) is 8.74. The van der Waals surface area contributed by atoms with Crippen LogP contribution in [0.5, 0.6) is 0 Å². The van der Waals surface area contributed by atoms with Crippen molar-refractivity contribution in [1.29, 1.82) is 0 Å². The average Bonchev–Trinajstić information content (AvgIpc) is 2.56. The lowest BCUT2D eigenvalue weighted by molar-refractivity contribution is -0.0167. The maximum Gasteiger partial charge on any atom is 0.211 e. The summed E-state index contributed by atoms with van der Waals surface area (Å²) in [6, 6.07) is 0. The van der Waals surface area contributed by atoms with Crippen molar-refractivity contribution in [2.75, 3.05) is 19.3 Å². The molecule has 1 N–H and O–H groups in total. The lowest BCUT2D eigenvalue weighted by atomic mass is 9.74. The Morgan fingerprint density at radius 2 is 1.78 bits per heavy atom. The fourth-order valence-electron chi connectivity index (χ4n) is 3.72. The summed E-state index contributed by atoms with van der Waals surface area (Å²) in [6.45, 7) is 5.47. The predicted octanol–water partition coefficient (Wildman–Crippen LogP) is 1.46. The summed E-state index contributed by atoms with van der Waals surface area (Å²) >= 11 is 0. The van der Waals surface area contributed by atoms with Crippen LogP contribution in [0, 0.1) is 17.3 Å². The molecule has 1 aliphatic heterocycles. The van der Waals surface area contributed by atoms with Gasteiger partial charge in [0.15, 0.2) is 0 Å². The predicted molar refractivity (Wildman–Crippen MR) is 71.7 cm³/mol. The number of nitrogens with zero attached hydrogens (tertiary/aromatic N) is 1. The van der Waals surface area contributed by atoms with E-state index in [2.05, 4.69) is 13.8 Å². The highest BCUT2D eigenvalue weighted by molar-refractivity contribution is 7.88. The third-order valence-electron chi connectivity index (χ3n) is 5.05. The van der Waals surface area contributed by atoms with Gasteiger partial charge in [0.25, 0.3) is 0 Å². The second-order valence-corrected chi connectivity index (χ2v) is 8.40. The molecule has 18 heavy (non-hydrogen) atoms. The lowest BCUT2D eigenvalue weighted by Crippen LogP contribution is -2.47. The van der Waals surface area contributed by atoms with Gasteiger partial charge in [-0.1, -0.05) is 13.8 Å². The maximum atomic E-state index is 11.5. The molecule has 0 amide bonds. The summed E-state index contributed by atoms with van der Waals surface area (Å²) in [5.74, 6) is 0.891. The van der Waals surface area contributed by atoms with Gasteiger partial charge in [-0.15, -0.1) is 0 Å². The number of aliphatic hydroxyl groups is 1. The molecule has 106 valence electrons. The minimum atomic E-state index is -3.07. The number of sulfonamides is 1. The average molecular weight is 275 g/mol. The molecule has 1 spiro atoms. The third kappa shape index (κ3) is 2.45. The Hall–Kier alpha value is -0.130. The van der Waals surface area contributed by atoms with Crippen molar-refractivity contribution >= 4 is 10.0 Å². The number of rotatable bonds is 2. The molecule has 1 saturated heterocycles. The van der Waals surface area contributed by atoms with Crippen molar-refractivity contribution in [3.05, 3.63) is 0 Å². The normalized spacial score (nSPS) is 33.4.